The molecule has 0 amide bonds. The highest BCUT2D eigenvalue weighted by Gasteiger charge is 2.52. The molecule has 9 heteroatoms. The van der Waals surface area contributed by atoms with Gasteiger partial charge in [0, 0.05) is 20.3 Å². The number of aromatic nitrogens is 2. The lowest BCUT2D eigenvalue weighted by atomic mass is 9.86. The topological polar surface area (TPSA) is 73.7 Å². The molecule has 0 aliphatic carbocycles. The zero-order valence-corrected chi connectivity index (χ0v) is 14.4. The number of nitrogens with zero attached hydrogens (tertiary/aromatic N) is 3. The van der Waals surface area contributed by atoms with Gasteiger partial charge in [-0.15, -0.1) is 0 Å². The summed E-state index contributed by atoms with van der Waals surface area (Å²) in [5.41, 5.74) is -0.525. The Hall–Kier alpha value is -0.895. The van der Waals surface area contributed by atoms with Gasteiger partial charge in [0.05, 0.1) is 16.8 Å². The average Bonchev–Trinajstić information content (AvgIpc) is 2.78. The Morgan fingerprint density at radius 1 is 1.19 bits per heavy atom. The van der Waals surface area contributed by atoms with Crippen LogP contribution in [0.4, 0.5) is 0 Å². The second-order valence-corrected chi connectivity index (χ2v) is 8.41. The van der Waals surface area contributed by atoms with E-state index in [1.54, 1.807) is 6.92 Å². The molecule has 7 nitrogen and oxygen atoms in total. The van der Waals surface area contributed by atoms with Gasteiger partial charge in [0.25, 0.3) is 0 Å². The lowest BCUT2D eigenvalue weighted by Gasteiger charge is -2.32. The van der Waals surface area contributed by atoms with Gasteiger partial charge in [-0.25, -0.2) is 8.96 Å². The molecule has 1 aliphatic heterocycles. The van der Waals surface area contributed by atoms with Crippen LogP contribution >= 0.6 is 0 Å². The SMILES string of the molecule is Cc1nc(B2OC(C)(C)C(C)(C)O2)cn1S(=O)(=O)N(C)C. The second kappa shape index (κ2) is 4.80. The third-order valence-electron chi connectivity index (χ3n) is 4.06. The maximum absolute atomic E-state index is 12.2. The molecule has 0 atom stereocenters. The fraction of sp³-hybridized carbons (Fsp3) is 0.750. The van der Waals surface area contributed by atoms with Gasteiger partial charge in [-0.1, -0.05) is 0 Å². The van der Waals surface area contributed by atoms with Gasteiger partial charge in [-0.2, -0.15) is 12.7 Å². The van der Waals surface area contributed by atoms with Gasteiger partial charge in [0.15, 0.2) is 0 Å². The molecule has 0 spiro atoms. The second-order valence-electron chi connectivity index (χ2n) is 6.39. The molecule has 1 aromatic rings. The molecule has 1 saturated heterocycles. The van der Waals surface area contributed by atoms with Crippen molar-refractivity contribution in [2.45, 2.75) is 45.8 Å². The summed E-state index contributed by atoms with van der Waals surface area (Å²) in [7, 11) is -1.32. The molecule has 0 radical (unpaired) electrons. The lowest BCUT2D eigenvalue weighted by molar-refractivity contribution is 0.00578. The van der Waals surface area contributed by atoms with Gasteiger partial charge in [-0.3, -0.25) is 0 Å². The molecule has 1 aromatic heterocycles. The van der Waals surface area contributed by atoms with Crippen molar-refractivity contribution in [3.05, 3.63) is 12.0 Å². The summed E-state index contributed by atoms with van der Waals surface area (Å²) < 4.78 is 38.4. The highest BCUT2D eigenvalue weighted by molar-refractivity contribution is 7.87. The minimum Gasteiger partial charge on any atom is -0.398 e. The normalized spacial score (nSPS) is 21.2. The van der Waals surface area contributed by atoms with E-state index in [0.717, 1.165) is 8.28 Å². The molecule has 0 bridgehead atoms. The Kier molecular flexibility index (Phi) is 3.77. The van der Waals surface area contributed by atoms with Crippen LogP contribution in [0.3, 0.4) is 0 Å². The van der Waals surface area contributed by atoms with E-state index in [4.69, 9.17) is 9.31 Å². The Balaban J connectivity index is 2.38. The standard InChI is InChI=1S/C12H22BN3O4S/c1-9-14-10(8-16(9)21(17,18)15(6)7)13-19-11(2,3)12(4,5)20-13/h8H,1-7H3. The summed E-state index contributed by atoms with van der Waals surface area (Å²) >= 11 is 0. The zero-order chi connectivity index (χ0) is 16.2. The van der Waals surface area contributed by atoms with Crippen molar-refractivity contribution in [3.63, 3.8) is 0 Å². The summed E-state index contributed by atoms with van der Waals surface area (Å²) in [6, 6.07) is 0. The van der Waals surface area contributed by atoms with Gasteiger partial charge < -0.3 is 9.31 Å². The van der Waals surface area contributed by atoms with Gasteiger partial charge in [0.1, 0.15) is 5.82 Å². The van der Waals surface area contributed by atoms with Crippen LogP contribution in [0.15, 0.2) is 6.20 Å². The highest BCUT2D eigenvalue weighted by Crippen LogP contribution is 2.36. The summed E-state index contributed by atoms with van der Waals surface area (Å²) in [4.78, 5) is 4.28. The van der Waals surface area contributed by atoms with Gasteiger partial charge >= 0.3 is 17.3 Å². The van der Waals surface area contributed by atoms with E-state index in [9.17, 15) is 8.42 Å². The molecule has 1 aliphatic rings. The molecule has 0 N–H and O–H groups in total. The first kappa shape index (κ1) is 16.5. The maximum atomic E-state index is 12.2. The van der Waals surface area contributed by atoms with Crippen molar-refractivity contribution in [2.24, 2.45) is 0 Å². The fourth-order valence-electron chi connectivity index (χ4n) is 1.97. The third kappa shape index (κ3) is 2.63. The molecule has 0 saturated carbocycles. The van der Waals surface area contributed by atoms with Crippen LogP contribution < -0.4 is 5.59 Å². The van der Waals surface area contributed by atoms with Crippen molar-refractivity contribution in [1.82, 2.24) is 13.3 Å². The van der Waals surface area contributed by atoms with E-state index in [0.29, 0.717) is 11.4 Å². The minimum atomic E-state index is -3.60. The van der Waals surface area contributed by atoms with Crippen LogP contribution in [0.5, 0.6) is 0 Å². The predicted molar refractivity (Wildman–Crippen MR) is 80.7 cm³/mol. The quantitative estimate of drug-likeness (QED) is 0.742. The summed E-state index contributed by atoms with van der Waals surface area (Å²) in [5, 5.41) is 0. The van der Waals surface area contributed by atoms with Crippen molar-refractivity contribution >= 4 is 22.9 Å². The van der Waals surface area contributed by atoms with Crippen LogP contribution in [-0.4, -0.2) is 54.1 Å². The molecule has 0 aromatic carbocycles. The number of aryl methyl sites for hydroxylation is 1. The summed E-state index contributed by atoms with van der Waals surface area (Å²) in [6.45, 7) is 9.39. The zero-order valence-electron chi connectivity index (χ0n) is 13.5. The van der Waals surface area contributed by atoms with E-state index in [2.05, 4.69) is 4.98 Å². The molecule has 0 unspecified atom stereocenters. The van der Waals surface area contributed by atoms with E-state index < -0.39 is 28.5 Å². The largest absolute Gasteiger partial charge is 0.516 e. The third-order valence-corrected chi connectivity index (χ3v) is 5.85. The smallest absolute Gasteiger partial charge is 0.398 e. The van der Waals surface area contributed by atoms with Crippen LogP contribution in [0.25, 0.3) is 0 Å². The Morgan fingerprint density at radius 2 is 1.67 bits per heavy atom. The average molecular weight is 315 g/mol. The van der Waals surface area contributed by atoms with Gasteiger partial charge in [-0.05, 0) is 34.6 Å². The van der Waals surface area contributed by atoms with Crippen molar-refractivity contribution in [2.75, 3.05) is 14.1 Å². The molecule has 1 fully saturated rings. The number of hydrogen-bond donors (Lipinski definition) is 0. The molecular formula is C12H22BN3O4S. The number of rotatable bonds is 3. The molecule has 118 valence electrons. The fourth-order valence-corrected chi connectivity index (χ4v) is 2.93. The first-order valence-corrected chi connectivity index (χ1v) is 8.13. The number of hydrogen-bond acceptors (Lipinski definition) is 5. The Labute approximate surface area is 126 Å². The Bertz CT molecular complexity index is 635. The molecule has 2 heterocycles. The van der Waals surface area contributed by atoms with Gasteiger partial charge in [0.2, 0.25) is 0 Å². The highest BCUT2D eigenvalue weighted by atomic mass is 32.2. The summed E-state index contributed by atoms with van der Waals surface area (Å²) in [6.07, 6.45) is 1.45. The first-order chi connectivity index (χ1) is 9.38. The van der Waals surface area contributed by atoms with Crippen molar-refractivity contribution < 1.29 is 17.7 Å². The predicted octanol–water partition coefficient (Wildman–Crippen LogP) is 0.145. The van der Waals surface area contributed by atoms with E-state index >= 15 is 0 Å². The van der Waals surface area contributed by atoms with Crippen LogP contribution in [0.2, 0.25) is 0 Å². The molecule has 2 rings (SSSR count). The first-order valence-electron chi connectivity index (χ1n) is 6.73. The minimum absolute atomic E-state index is 0.369. The Morgan fingerprint density at radius 3 is 2.10 bits per heavy atom. The molecule has 21 heavy (non-hydrogen) atoms. The lowest BCUT2D eigenvalue weighted by Crippen LogP contribution is -2.41. The number of imidazole rings is 1. The van der Waals surface area contributed by atoms with E-state index in [1.165, 1.54) is 20.3 Å². The van der Waals surface area contributed by atoms with E-state index in [-0.39, 0.29) is 0 Å². The van der Waals surface area contributed by atoms with E-state index in [1.807, 2.05) is 27.7 Å². The maximum Gasteiger partial charge on any atom is 0.516 e. The van der Waals surface area contributed by atoms with Crippen molar-refractivity contribution in [3.8, 4) is 0 Å². The van der Waals surface area contributed by atoms with Crippen LogP contribution in [-0.2, 0) is 19.5 Å². The van der Waals surface area contributed by atoms with Crippen LogP contribution in [0, 0.1) is 6.92 Å². The van der Waals surface area contributed by atoms with Crippen molar-refractivity contribution in [1.29, 1.82) is 0 Å². The van der Waals surface area contributed by atoms with Crippen LogP contribution in [0.1, 0.15) is 33.5 Å². The summed E-state index contributed by atoms with van der Waals surface area (Å²) in [5.74, 6) is 0.369. The molecular weight excluding hydrogens is 293 g/mol. The monoisotopic (exact) mass is 315 g/mol.